The third kappa shape index (κ3) is 2.73. The van der Waals surface area contributed by atoms with Gasteiger partial charge in [-0.15, -0.1) is 0 Å². The van der Waals surface area contributed by atoms with Gasteiger partial charge in [-0.25, -0.2) is 4.39 Å². The molecule has 1 aromatic carbocycles. The van der Waals surface area contributed by atoms with E-state index in [0.29, 0.717) is 21.9 Å². The van der Waals surface area contributed by atoms with Gasteiger partial charge < -0.3 is 10.3 Å². The van der Waals surface area contributed by atoms with Crippen LogP contribution in [-0.4, -0.2) is 5.16 Å². The Morgan fingerprint density at radius 1 is 1.47 bits per heavy atom. The largest absolute Gasteiger partial charge is 0.380 e. The average Bonchev–Trinajstić information content (AvgIpc) is 2.72. The van der Waals surface area contributed by atoms with Crippen LogP contribution in [0.1, 0.15) is 38.4 Å². The molecule has 1 unspecified atom stereocenters. The van der Waals surface area contributed by atoms with Crippen molar-refractivity contribution in [3.05, 3.63) is 34.8 Å². The summed E-state index contributed by atoms with van der Waals surface area (Å²) >= 11 is 6.08. The molecule has 0 aliphatic rings. The van der Waals surface area contributed by atoms with Crippen LogP contribution in [0.4, 0.5) is 10.2 Å². The first-order valence-electron chi connectivity index (χ1n) is 6.25. The Hall–Kier alpha value is -1.55. The van der Waals surface area contributed by atoms with Gasteiger partial charge in [0.05, 0.1) is 10.6 Å². The summed E-state index contributed by atoms with van der Waals surface area (Å²) in [5, 5.41) is 4.12. The highest BCUT2D eigenvalue weighted by molar-refractivity contribution is 6.33. The summed E-state index contributed by atoms with van der Waals surface area (Å²) in [4.78, 5) is 0. The topological polar surface area (TPSA) is 52.0 Å². The van der Waals surface area contributed by atoms with Crippen molar-refractivity contribution in [3.63, 3.8) is 0 Å². The molecule has 2 N–H and O–H groups in total. The maximum absolute atomic E-state index is 13.1. The fourth-order valence-corrected chi connectivity index (χ4v) is 2.44. The normalized spacial score (nSPS) is 12.6. The van der Waals surface area contributed by atoms with Crippen LogP contribution in [0.15, 0.2) is 22.7 Å². The summed E-state index contributed by atoms with van der Waals surface area (Å²) in [5.41, 5.74) is 7.18. The molecule has 0 saturated heterocycles. The lowest BCUT2D eigenvalue weighted by molar-refractivity contribution is 0.362. The van der Waals surface area contributed by atoms with E-state index in [-0.39, 0.29) is 17.6 Å². The Labute approximate surface area is 116 Å². The van der Waals surface area contributed by atoms with Crippen molar-refractivity contribution in [3.8, 4) is 11.1 Å². The van der Waals surface area contributed by atoms with Gasteiger partial charge >= 0.3 is 0 Å². The second kappa shape index (κ2) is 5.61. The zero-order valence-corrected chi connectivity index (χ0v) is 11.7. The van der Waals surface area contributed by atoms with Crippen LogP contribution in [0, 0.1) is 5.82 Å². The molecule has 0 fully saturated rings. The van der Waals surface area contributed by atoms with Crippen molar-refractivity contribution in [2.75, 3.05) is 5.73 Å². The Kier molecular flexibility index (Phi) is 4.10. The summed E-state index contributed by atoms with van der Waals surface area (Å²) in [5.74, 6) is 0.789. The van der Waals surface area contributed by atoms with Crippen LogP contribution in [0.3, 0.4) is 0 Å². The van der Waals surface area contributed by atoms with E-state index in [2.05, 4.69) is 12.1 Å². The van der Waals surface area contributed by atoms with Crippen LogP contribution in [0.2, 0.25) is 5.02 Å². The van der Waals surface area contributed by atoms with E-state index in [0.717, 1.165) is 12.8 Å². The fourth-order valence-electron chi connectivity index (χ4n) is 2.18. The van der Waals surface area contributed by atoms with E-state index < -0.39 is 0 Å². The summed E-state index contributed by atoms with van der Waals surface area (Å²) < 4.78 is 18.4. The Morgan fingerprint density at radius 2 is 2.21 bits per heavy atom. The fraction of sp³-hybridized carbons (Fsp3) is 0.357. The van der Waals surface area contributed by atoms with E-state index in [4.69, 9.17) is 21.9 Å². The molecule has 0 amide bonds. The van der Waals surface area contributed by atoms with Crippen molar-refractivity contribution < 1.29 is 8.91 Å². The van der Waals surface area contributed by atoms with Gasteiger partial charge in [-0.05, 0) is 24.6 Å². The highest BCUT2D eigenvalue weighted by atomic mass is 35.5. The number of hydrogen-bond acceptors (Lipinski definition) is 3. The summed E-state index contributed by atoms with van der Waals surface area (Å²) in [6.07, 6.45) is 1.98. The van der Waals surface area contributed by atoms with Gasteiger partial charge in [-0.2, -0.15) is 0 Å². The molecular formula is C14H16ClFN2O. The van der Waals surface area contributed by atoms with E-state index in [1.807, 2.05) is 6.92 Å². The number of benzene rings is 1. The van der Waals surface area contributed by atoms with Crippen molar-refractivity contribution >= 4 is 17.4 Å². The first kappa shape index (κ1) is 13.9. The average molecular weight is 283 g/mol. The molecule has 102 valence electrons. The van der Waals surface area contributed by atoms with Gasteiger partial charge in [0.25, 0.3) is 0 Å². The molecule has 19 heavy (non-hydrogen) atoms. The molecule has 1 aromatic heterocycles. The van der Waals surface area contributed by atoms with Crippen molar-refractivity contribution in [2.24, 2.45) is 0 Å². The van der Waals surface area contributed by atoms with E-state index >= 15 is 0 Å². The molecular weight excluding hydrogens is 267 g/mol. The molecule has 0 aliphatic carbocycles. The number of nitrogen functional groups attached to an aromatic ring is 1. The highest BCUT2D eigenvalue weighted by Gasteiger charge is 2.22. The first-order chi connectivity index (χ1) is 9.04. The first-order valence-corrected chi connectivity index (χ1v) is 6.62. The monoisotopic (exact) mass is 282 g/mol. The molecule has 0 bridgehead atoms. The number of rotatable bonds is 4. The van der Waals surface area contributed by atoms with Gasteiger partial charge in [0.15, 0.2) is 5.82 Å². The molecule has 0 saturated carbocycles. The molecule has 2 rings (SSSR count). The molecule has 1 heterocycles. The molecule has 1 atom stereocenters. The minimum absolute atomic E-state index is 0.186. The predicted octanol–water partition coefficient (Wildman–Crippen LogP) is 4.62. The van der Waals surface area contributed by atoms with Crippen molar-refractivity contribution in [2.45, 2.75) is 32.6 Å². The molecule has 0 radical (unpaired) electrons. The Balaban J connectivity index is 2.52. The molecule has 3 nitrogen and oxygen atoms in total. The van der Waals surface area contributed by atoms with Crippen molar-refractivity contribution in [1.82, 2.24) is 5.16 Å². The van der Waals surface area contributed by atoms with Gasteiger partial charge in [-0.3, -0.25) is 0 Å². The van der Waals surface area contributed by atoms with Gasteiger partial charge in [0.1, 0.15) is 11.6 Å². The molecule has 5 heteroatoms. The zero-order chi connectivity index (χ0) is 14.0. The minimum Gasteiger partial charge on any atom is -0.380 e. The third-order valence-corrected chi connectivity index (χ3v) is 3.43. The molecule has 0 aliphatic heterocycles. The van der Waals surface area contributed by atoms with Gasteiger partial charge in [-0.1, -0.05) is 37.0 Å². The predicted molar refractivity (Wildman–Crippen MR) is 74.6 cm³/mol. The lowest BCUT2D eigenvalue weighted by Crippen LogP contribution is -1.96. The highest BCUT2D eigenvalue weighted by Crippen LogP contribution is 2.39. The molecule has 0 spiro atoms. The third-order valence-electron chi connectivity index (χ3n) is 3.11. The number of anilines is 1. The van der Waals surface area contributed by atoms with Crippen LogP contribution in [0.25, 0.3) is 11.1 Å². The van der Waals surface area contributed by atoms with E-state index in [1.165, 1.54) is 12.1 Å². The summed E-state index contributed by atoms with van der Waals surface area (Å²) in [7, 11) is 0. The summed E-state index contributed by atoms with van der Waals surface area (Å²) in [6, 6.07) is 4.21. The second-order valence-corrected chi connectivity index (χ2v) is 5.03. The lowest BCUT2D eigenvalue weighted by atomic mass is 9.95. The summed E-state index contributed by atoms with van der Waals surface area (Å²) in [6.45, 7) is 4.14. The smallest absolute Gasteiger partial charge is 0.175 e. The van der Waals surface area contributed by atoms with Crippen LogP contribution in [-0.2, 0) is 0 Å². The van der Waals surface area contributed by atoms with Crippen LogP contribution < -0.4 is 5.73 Å². The van der Waals surface area contributed by atoms with Gasteiger partial charge in [0, 0.05) is 11.5 Å². The van der Waals surface area contributed by atoms with Crippen molar-refractivity contribution in [1.29, 1.82) is 0 Å². The van der Waals surface area contributed by atoms with E-state index in [1.54, 1.807) is 6.07 Å². The number of nitrogens with zero attached hydrogens (tertiary/aromatic N) is 1. The number of aromatic nitrogens is 1. The van der Waals surface area contributed by atoms with Gasteiger partial charge in [0.2, 0.25) is 0 Å². The lowest BCUT2D eigenvalue weighted by Gasteiger charge is -2.10. The Morgan fingerprint density at radius 3 is 2.84 bits per heavy atom. The maximum atomic E-state index is 13.1. The van der Waals surface area contributed by atoms with Crippen LogP contribution in [0.5, 0.6) is 0 Å². The Bertz CT molecular complexity index is 583. The molecule has 2 aromatic rings. The number of hydrogen-bond donors (Lipinski definition) is 1. The SMILES string of the molecule is CCCC(C)c1onc(N)c1-c1ccc(F)cc1Cl. The standard InChI is InChI=1S/C14H16ClFN2O/c1-3-4-8(2)13-12(14(17)18-19-13)10-6-5-9(16)7-11(10)15/h5-8H,3-4H2,1-2H3,(H2,17,18). The van der Waals surface area contributed by atoms with Crippen LogP contribution >= 0.6 is 11.6 Å². The van der Waals surface area contributed by atoms with E-state index in [9.17, 15) is 4.39 Å². The maximum Gasteiger partial charge on any atom is 0.175 e. The zero-order valence-electron chi connectivity index (χ0n) is 10.9. The number of halogens is 2. The minimum atomic E-state index is -0.382. The second-order valence-electron chi connectivity index (χ2n) is 4.62. The quantitative estimate of drug-likeness (QED) is 0.890. The number of nitrogens with two attached hydrogens (primary N) is 1.